The number of carbonyl (C=O) groups excluding carboxylic acids is 1. The lowest BCUT2D eigenvalue weighted by Gasteiger charge is -2.06. The van der Waals surface area contributed by atoms with Crippen molar-refractivity contribution in [3.05, 3.63) is 140 Å². The minimum absolute atomic E-state index is 0.105. The largest absolute Gasteiger partial charge is 0.477 e. The highest BCUT2D eigenvalue weighted by atomic mass is 35.5. The van der Waals surface area contributed by atoms with E-state index in [1.165, 1.54) is 22.7 Å². The Morgan fingerprint density at radius 1 is 0.667 bits per heavy atom. The number of fused-ring (bicyclic) bond motifs is 4. The number of rotatable bonds is 5. The van der Waals surface area contributed by atoms with Gasteiger partial charge in [-0.05, 0) is 82.6 Å². The Balaban J connectivity index is 0.000000145. The van der Waals surface area contributed by atoms with Crippen LogP contribution in [0.2, 0.25) is 10.0 Å². The van der Waals surface area contributed by atoms with Gasteiger partial charge < -0.3 is 27.6 Å². The Morgan fingerprint density at radius 2 is 1.18 bits per heavy atom. The number of thiophene rings is 2. The molecule has 256 valence electrons. The fourth-order valence-electron chi connectivity index (χ4n) is 5.28. The van der Waals surface area contributed by atoms with Gasteiger partial charge in [-0.1, -0.05) is 59.6 Å². The van der Waals surface area contributed by atoms with Crippen molar-refractivity contribution >= 4 is 111 Å². The molecule has 0 saturated carbocycles. The summed E-state index contributed by atoms with van der Waals surface area (Å²) in [6, 6.07) is 30.2. The number of nitrogen functional groups attached to an aromatic ring is 2. The summed E-state index contributed by atoms with van der Waals surface area (Å²) in [7, 11) is 0. The predicted octanol–water partition coefficient (Wildman–Crippen LogP) is 9.14. The number of aromatic nitrogens is 2. The van der Waals surface area contributed by atoms with Crippen LogP contribution in [0.15, 0.2) is 109 Å². The van der Waals surface area contributed by atoms with E-state index in [1.807, 2.05) is 84.9 Å². The SMILES string of the molecule is NCc1ccc2c(N)nccc2c1.Nc1nccc2cc(CNC(=O)c3cc4c(Cl)cccc4s3)ccc12.O=C(O)c1cc2c(Cl)cccc2s1. The number of pyridine rings is 2. The van der Waals surface area contributed by atoms with Crippen LogP contribution in [0.25, 0.3) is 41.7 Å². The average Bonchev–Trinajstić information content (AvgIpc) is 3.78. The number of nitrogens with one attached hydrogen (secondary N) is 1. The van der Waals surface area contributed by atoms with Crippen LogP contribution >= 0.6 is 45.9 Å². The fourth-order valence-corrected chi connectivity index (χ4v) is 7.78. The molecule has 0 aliphatic carbocycles. The third kappa shape index (κ3) is 8.20. The maximum absolute atomic E-state index is 12.4. The number of amides is 1. The number of halogens is 2. The molecule has 13 heteroatoms. The summed E-state index contributed by atoms with van der Waals surface area (Å²) in [5.41, 5.74) is 19.2. The summed E-state index contributed by atoms with van der Waals surface area (Å²) in [6.45, 7) is 0.997. The zero-order valence-corrected chi connectivity index (χ0v) is 29.9. The van der Waals surface area contributed by atoms with Gasteiger partial charge in [0, 0.05) is 66.5 Å². The van der Waals surface area contributed by atoms with Gasteiger partial charge in [0.15, 0.2) is 0 Å². The van der Waals surface area contributed by atoms with Crippen LogP contribution in [-0.2, 0) is 13.1 Å². The van der Waals surface area contributed by atoms with Gasteiger partial charge >= 0.3 is 5.97 Å². The number of nitrogens with zero attached hydrogens (tertiary/aromatic N) is 2. The molecule has 9 nitrogen and oxygen atoms in total. The summed E-state index contributed by atoms with van der Waals surface area (Å²) in [5, 5.41) is 18.7. The molecule has 0 spiro atoms. The summed E-state index contributed by atoms with van der Waals surface area (Å²) in [5.74, 6) is 0.0696. The molecule has 8 rings (SSSR count). The second-order valence-corrected chi connectivity index (χ2v) is 14.2. The van der Waals surface area contributed by atoms with Crippen LogP contribution in [0.1, 0.15) is 30.5 Å². The molecule has 0 fully saturated rings. The molecule has 4 aromatic heterocycles. The number of benzene rings is 4. The lowest BCUT2D eigenvalue weighted by Crippen LogP contribution is -2.21. The van der Waals surface area contributed by atoms with Gasteiger partial charge in [0.25, 0.3) is 5.91 Å². The molecule has 0 bridgehead atoms. The molecule has 4 heterocycles. The highest BCUT2D eigenvalue weighted by Gasteiger charge is 2.12. The maximum Gasteiger partial charge on any atom is 0.345 e. The van der Waals surface area contributed by atoms with Crippen LogP contribution in [-0.4, -0.2) is 27.0 Å². The third-order valence-electron chi connectivity index (χ3n) is 7.86. The van der Waals surface area contributed by atoms with Gasteiger partial charge in [-0.2, -0.15) is 0 Å². The Hall–Kier alpha value is -5.30. The number of anilines is 2. The van der Waals surface area contributed by atoms with E-state index in [0.29, 0.717) is 44.5 Å². The molecule has 0 aliphatic rings. The number of carboxylic acid groups (broad SMARTS) is 1. The molecular formula is C38H30Cl2N6O3S2. The second-order valence-electron chi connectivity index (χ2n) is 11.2. The minimum Gasteiger partial charge on any atom is -0.477 e. The maximum atomic E-state index is 12.4. The first-order valence-corrected chi connectivity index (χ1v) is 17.8. The Labute approximate surface area is 310 Å². The molecule has 1 amide bonds. The molecule has 0 atom stereocenters. The van der Waals surface area contributed by atoms with Gasteiger partial charge in [-0.15, -0.1) is 22.7 Å². The molecule has 8 aromatic rings. The van der Waals surface area contributed by atoms with Crippen LogP contribution in [0.4, 0.5) is 11.6 Å². The smallest absolute Gasteiger partial charge is 0.345 e. The molecule has 8 N–H and O–H groups in total. The second kappa shape index (κ2) is 15.7. The van der Waals surface area contributed by atoms with Crippen molar-refractivity contribution in [2.75, 3.05) is 11.5 Å². The van der Waals surface area contributed by atoms with E-state index in [1.54, 1.807) is 24.5 Å². The van der Waals surface area contributed by atoms with Crippen molar-refractivity contribution < 1.29 is 14.7 Å². The summed E-state index contributed by atoms with van der Waals surface area (Å²) >= 11 is 14.7. The van der Waals surface area contributed by atoms with Gasteiger partial charge in [0.05, 0.1) is 4.88 Å². The van der Waals surface area contributed by atoms with Crippen LogP contribution in [0, 0.1) is 0 Å². The van der Waals surface area contributed by atoms with Gasteiger partial charge in [-0.3, -0.25) is 4.79 Å². The van der Waals surface area contributed by atoms with Crippen molar-refractivity contribution in [3.8, 4) is 0 Å². The lowest BCUT2D eigenvalue weighted by atomic mass is 10.1. The zero-order valence-electron chi connectivity index (χ0n) is 26.8. The molecule has 0 unspecified atom stereocenters. The van der Waals surface area contributed by atoms with Crippen molar-refractivity contribution in [2.24, 2.45) is 5.73 Å². The Bertz CT molecular complexity index is 2550. The fraction of sp³-hybridized carbons (Fsp3) is 0.0526. The van der Waals surface area contributed by atoms with Gasteiger partial charge in [-0.25, -0.2) is 14.8 Å². The molecule has 0 radical (unpaired) electrons. The standard InChI is InChI=1S/C19H14ClN3OS.C10H11N3.C9H5ClO2S/c20-15-2-1-3-16-14(15)9-17(25-16)19(24)23-10-11-4-5-13-12(8-11)6-7-22-18(13)21;11-6-7-1-2-9-8(5-7)3-4-13-10(9)12;10-6-2-1-3-7-5(6)4-8(13-7)9(11)12/h1-9H,10H2,(H2,21,22)(H,23,24);1-5H,6,11H2,(H2,12,13);1-4H,(H,11,12). The first-order valence-electron chi connectivity index (χ1n) is 15.4. The molecular weight excluding hydrogens is 723 g/mol. The van der Waals surface area contributed by atoms with E-state index in [4.69, 9.17) is 45.5 Å². The van der Waals surface area contributed by atoms with E-state index in [0.717, 1.165) is 52.8 Å². The number of carboxylic acids is 1. The molecule has 4 aromatic carbocycles. The highest BCUT2D eigenvalue weighted by molar-refractivity contribution is 7.21. The molecule has 0 aliphatic heterocycles. The summed E-state index contributed by atoms with van der Waals surface area (Å²) < 4.78 is 1.91. The monoisotopic (exact) mass is 752 g/mol. The number of hydrogen-bond acceptors (Lipinski definition) is 9. The van der Waals surface area contributed by atoms with E-state index >= 15 is 0 Å². The van der Waals surface area contributed by atoms with Crippen molar-refractivity contribution in [2.45, 2.75) is 13.1 Å². The third-order valence-corrected chi connectivity index (χ3v) is 10.7. The Kier molecular flexibility index (Phi) is 10.9. The number of nitrogens with two attached hydrogens (primary N) is 3. The lowest BCUT2D eigenvalue weighted by molar-refractivity contribution is 0.0702. The van der Waals surface area contributed by atoms with Crippen LogP contribution in [0.3, 0.4) is 0 Å². The molecule has 51 heavy (non-hydrogen) atoms. The summed E-state index contributed by atoms with van der Waals surface area (Å²) in [4.78, 5) is 32.2. The number of hydrogen-bond donors (Lipinski definition) is 5. The number of carbonyl (C=O) groups is 2. The van der Waals surface area contributed by atoms with Crippen molar-refractivity contribution in [1.29, 1.82) is 0 Å². The topological polar surface area (TPSA) is 170 Å². The first kappa shape index (κ1) is 35.5. The van der Waals surface area contributed by atoms with Crippen LogP contribution in [0.5, 0.6) is 0 Å². The van der Waals surface area contributed by atoms with E-state index in [2.05, 4.69) is 15.3 Å². The average molecular weight is 754 g/mol. The van der Waals surface area contributed by atoms with Crippen molar-refractivity contribution in [1.82, 2.24) is 15.3 Å². The van der Waals surface area contributed by atoms with Gasteiger partial charge in [0.2, 0.25) is 0 Å². The normalized spacial score (nSPS) is 10.8. The van der Waals surface area contributed by atoms with Crippen molar-refractivity contribution in [3.63, 3.8) is 0 Å². The minimum atomic E-state index is -0.905. The molecule has 0 saturated heterocycles. The highest BCUT2D eigenvalue weighted by Crippen LogP contribution is 2.32. The van der Waals surface area contributed by atoms with E-state index in [-0.39, 0.29) is 5.91 Å². The first-order chi connectivity index (χ1) is 24.6. The van der Waals surface area contributed by atoms with E-state index in [9.17, 15) is 9.59 Å². The van der Waals surface area contributed by atoms with Crippen LogP contribution < -0.4 is 22.5 Å². The quantitative estimate of drug-likeness (QED) is 0.116. The van der Waals surface area contributed by atoms with Gasteiger partial charge in [0.1, 0.15) is 16.5 Å². The summed E-state index contributed by atoms with van der Waals surface area (Å²) in [6.07, 6.45) is 3.39. The number of aromatic carboxylic acids is 1. The predicted molar refractivity (Wildman–Crippen MR) is 212 cm³/mol. The Morgan fingerprint density at radius 3 is 1.71 bits per heavy atom. The van der Waals surface area contributed by atoms with E-state index < -0.39 is 5.97 Å². The zero-order chi connectivity index (χ0) is 36.1.